The Bertz CT molecular complexity index is 907. The molecule has 2 N–H and O–H groups in total. The van der Waals surface area contributed by atoms with Crippen LogP contribution in [0.5, 0.6) is 0 Å². The van der Waals surface area contributed by atoms with Gasteiger partial charge in [0, 0.05) is 6.54 Å². The number of carbonyl (C=O) groups is 2. The molecule has 0 aliphatic rings. The van der Waals surface area contributed by atoms with E-state index in [1.54, 1.807) is 46.8 Å². The van der Waals surface area contributed by atoms with E-state index in [0.29, 0.717) is 22.2 Å². The highest BCUT2D eigenvalue weighted by Gasteiger charge is 2.30. The predicted molar refractivity (Wildman–Crippen MR) is 123 cm³/mol. The number of likely N-dealkylation sites (N-methyl/N-ethyl adjacent to an activating group) is 1. The molecular formula is C22H38N3O6S+. The summed E-state index contributed by atoms with van der Waals surface area (Å²) >= 11 is 0. The number of sulfonamides is 1. The van der Waals surface area contributed by atoms with Crippen molar-refractivity contribution in [3.63, 3.8) is 0 Å². The molecule has 0 unspecified atom stereocenters. The minimum Gasteiger partial charge on any atom is -0.458 e. The van der Waals surface area contributed by atoms with Gasteiger partial charge in [0.1, 0.15) is 24.8 Å². The molecule has 182 valence electrons. The summed E-state index contributed by atoms with van der Waals surface area (Å²) in [5.74, 6) is -0.777. The Morgan fingerprint density at radius 1 is 1.06 bits per heavy atom. The summed E-state index contributed by atoms with van der Waals surface area (Å²) in [6, 6.07) is 2.20. The van der Waals surface area contributed by atoms with Crippen LogP contribution in [-0.4, -0.2) is 77.4 Å². The second-order valence-corrected chi connectivity index (χ2v) is 11.6. The minimum absolute atomic E-state index is 0.101. The van der Waals surface area contributed by atoms with Crippen LogP contribution in [0.1, 0.15) is 37.5 Å². The summed E-state index contributed by atoms with van der Waals surface area (Å²) in [5.41, 5.74) is 1.32. The maximum atomic E-state index is 13.1. The molecule has 1 rings (SSSR count). The van der Waals surface area contributed by atoms with E-state index in [1.807, 2.05) is 28.1 Å². The van der Waals surface area contributed by atoms with Crippen molar-refractivity contribution in [2.75, 3.05) is 40.8 Å². The van der Waals surface area contributed by atoms with Gasteiger partial charge in [0.2, 0.25) is 10.0 Å². The number of hydrogen-bond donors (Lipinski definition) is 2. The van der Waals surface area contributed by atoms with E-state index < -0.39 is 33.7 Å². The van der Waals surface area contributed by atoms with Crippen molar-refractivity contribution in [1.82, 2.24) is 10.0 Å². The summed E-state index contributed by atoms with van der Waals surface area (Å²) in [4.78, 5) is 24.9. The Hall–Kier alpha value is -2.17. The first kappa shape index (κ1) is 27.9. The van der Waals surface area contributed by atoms with E-state index in [9.17, 15) is 18.0 Å². The van der Waals surface area contributed by atoms with Crippen LogP contribution in [0.3, 0.4) is 0 Å². The van der Waals surface area contributed by atoms with Gasteiger partial charge < -0.3 is 19.3 Å². The topological polar surface area (TPSA) is 111 Å². The molecule has 0 fully saturated rings. The van der Waals surface area contributed by atoms with Crippen LogP contribution in [0.15, 0.2) is 17.0 Å². The van der Waals surface area contributed by atoms with Crippen molar-refractivity contribution < 1.29 is 32.0 Å². The van der Waals surface area contributed by atoms with Crippen LogP contribution in [0.2, 0.25) is 0 Å². The standard InChI is InChI=1S/C22H37N3O6S/c1-15-12-16(2)19(17(3)13-15)32(28,29)24-18(14-23-21(27)31-22(4,5)6)20(26)30-11-10-25(7,8)9/h12-13,18,24H,10-11,14H2,1-9H3/p+1/t18-/m0/s1. The highest BCUT2D eigenvalue weighted by Crippen LogP contribution is 2.22. The smallest absolute Gasteiger partial charge is 0.407 e. The summed E-state index contributed by atoms with van der Waals surface area (Å²) in [5, 5.41) is 2.45. The quantitative estimate of drug-likeness (QED) is 0.420. The molecular weight excluding hydrogens is 434 g/mol. The molecule has 0 radical (unpaired) electrons. The second-order valence-electron chi connectivity index (χ2n) is 9.97. The van der Waals surface area contributed by atoms with Gasteiger partial charge in [0.25, 0.3) is 0 Å². The van der Waals surface area contributed by atoms with Crippen molar-refractivity contribution in [3.05, 3.63) is 28.8 Å². The number of nitrogens with zero attached hydrogens (tertiary/aromatic N) is 1. The zero-order valence-electron chi connectivity index (χ0n) is 20.7. The lowest BCUT2D eigenvalue weighted by atomic mass is 10.1. The van der Waals surface area contributed by atoms with Crippen molar-refractivity contribution in [2.45, 2.75) is 58.1 Å². The molecule has 0 aliphatic heterocycles. The first-order chi connectivity index (χ1) is 14.4. The molecule has 10 heteroatoms. The molecule has 1 aromatic rings. The van der Waals surface area contributed by atoms with Crippen LogP contribution in [0.4, 0.5) is 4.79 Å². The van der Waals surface area contributed by atoms with Crippen molar-refractivity contribution >= 4 is 22.1 Å². The number of alkyl carbamates (subject to hydrolysis) is 1. The number of esters is 1. The average Bonchev–Trinajstić information content (AvgIpc) is 2.54. The maximum absolute atomic E-state index is 13.1. The van der Waals surface area contributed by atoms with Crippen LogP contribution >= 0.6 is 0 Å². The molecule has 9 nitrogen and oxygen atoms in total. The largest absolute Gasteiger partial charge is 0.458 e. The lowest BCUT2D eigenvalue weighted by Gasteiger charge is -2.25. The van der Waals surface area contributed by atoms with E-state index in [0.717, 1.165) is 5.56 Å². The third-order valence-electron chi connectivity index (χ3n) is 4.31. The normalized spacial score (nSPS) is 13.4. The van der Waals surface area contributed by atoms with E-state index >= 15 is 0 Å². The van der Waals surface area contributed by atoms with Gasteiger partial charge in [-0.25, -0.2) is 13.2 Å². The predicted octanol–water partition coefficient (Wildman–Crippen LogP) is 2.03. The number of aryl methyl sites for hydroxylation is 3. The molecule has 0 spiro atoms. The highest BCUT2D eigenvalue weighted by atomic mass is 32.2. The van der Waals surface area contributed by atoms with E-state index in [-0.39, 0.29) is 18.0 Å². The first-order valence-electron chi connectivity index (χ1n) is 10.5. The Labute approximate surface area is 192 Å². The molecule has 0 saturated heterocycles. The zero-order valence-corrected chi connectivity index (χ0v) is 21.5. The molecule has 0 aromatic heterocycles. The third-order valence-corrected chi connectivity index (χ3v) is 6.09. The molecule has 1 amide bonds. The molecule has 0 aliphatic carbocycles. The van der Waals surface area contributed by atoms with Gasteiger partial charge in [-0.05, 0) is 52.7 Å². The number of nitrogens with one attached hydrogen (secondary N) is 2. The molecule has 0 bridgehead atoms. The van der Waals surface area contributed by atoms with Gasteiger partial charge in [-0.3, -0.25) is 4.79 Å². The second kappa shape index (κ2) is 10.6. The average molecular weight is 473 g/mol. The van der Waals surface area contributed by atoms with Gasteiger partial charge >= 0.3 is 12.1 Å². The van der Waals surface area contributed by atoms with Gasteiger partial charge in [-0.1, -0.05) is 17.7 Å². The number of amides is 1. The Balaban J connectivity index is 3.08. The number of carbonyl (C=O) groups excluding carboxylic acids is 2. The van der Waals surface area contributed by atoms with E-state index in [4.69, 9.17) is 9.47 Å². The van der Waals surface area contributed by atoms with Crippen LogP contribution in [0, 0.1) is 20.8 Å². The van der Waals surface area contributed by atoms with Crippen molar-refractivity contribution in [3.8, 4) is 0 Å². The van der Waals surface area contributed by atoms with E-state index in [1.165, 1.54) is 0 Å². The van der Waals surface area contributed by atoms with Gasteiger partial charge in [0.05, 0.1) is 26.0 Å². The number of rotatable bonds is 9. The molecule has 1 atom stereocenters. The third kappa shape index (κ3) is 9.54. The summed E-state index contributed by atoms with van der Waals surface area (Å²) in [7, 11) is 1.77. The van der Waals surface area contributed by atoms with Crippen molar-refractivity contribution in [1.29, 1.82) is 0 Å². The summed E-state index contributed by atoms with van der Waals surface area (Å²) in [6.07, 6.45) is -0.761. The lowest BCUT2D eigenvalue weighted by molar-refractivity contribution is -0.870. The first-order valence-corrected chi connectivity index (χ1v) is 11.9. The van der Waals surface area contributed by atoms with E-state index in [2.05, 4.69) is 10.0 Å². The molecule has 0 saturated carbocycles. The fraction of sp³-hybridized carbons (Fsp3) is 0.636. The number of benzene rings is 1. The Morgan fingerprint density at radius 3 is 2.06 bits per heavy atom. The molecule has 32 heavy (non-hydrogen) atoms. The summed E-state index contributed by atoms with van der Waals surface area (Å²) in [6.45, 7) is 10.7. The fourth-order valence-corrected chi connectivity index (χ4v) is 4.67. The zero-order chi connectivity index (χ0) is 24.9. The van der Waals surface area contributed by atoms with Crippen molar-refractivity contribution in [2.24, 2.45) is 0 Å². The van der Waals surface area contributed by atoms with Gasteiger partial charge in [0.15, 0.2) is 0 Å². The van der Waals surface area contributed by atoms with Gasteiger partial charge in [-0.2, -0.15) is 4.72 Å². The lowest BCUT2D eigenvalue weighted by Crippen LogP contribution is -2.50. The maximum Gasteiger partial charge on any atom is 0.407 e. The fourth-order valence-electron chi connectivity index (χ4n) is 3.03. The molecule has 1 aromatic carbocycles. The Kier molecular flexibility index (Phi) is 9.26. The van der Waals surface area contributed by atoms with Gasteiger partial charge in [-0.15, -0.1) is 0 Å². The van der Waals surface area contributed by atoms with Crippen LogP contribution in [-0.2, 0) is 24.3 Å². The highest BCUT2D eigenvalue weighted by molar-refractivity contribution is 7.89. The number of ether oxygens (including phenoxy) is 2. The van der Waals surface area contributed by atoms with Crippen LogP contribution < -0.4 is 10.0 Å². The monoisotopic (exact) mass is 472 g/mol. The SMILES string of the molecule is Cc1cc(C)c(S(=O)(=O)N[C@@H](CNC(=O)OC(C)(C)C)C(=O)OCC[N+](C)(C)C)c(C)c1. The summed E-state index contributed by atoms with van der Waals surface area (Å²) < 4.78 is 39.7. The Morgan fingerprint density at radius 2 is 1.59 bits per heavy atom. The van der Waals surface area contributed by atoms with Crippen LogP contribution in [0.25, 0.3) is 0 Å². The number of hydrogen-bond acceptors (Lipinski definition) is 6. The number of quaternary nitrogens is 1. The minimum atomic E-state index is -4.07. The molecule has 0 heterocycles.